The van der Waals surface area contributed by atoms with Crippen molar-refractivity contribution in [2.45, 2.75) is 31.2 Å². The van der Waals surface area contributed by atoms with Crippen LogP contribution in [0.5, 0.6) is 0 Å². The van der Waals surface area contributed by atoms with Gasteiger partial charge < -0.3 is 4.90 Å². The minimum Gasteiger partial charge on any atom is -0.315 e. The number of benzene rings is 2. The van der Waals surface area contributed by atoms with Crippen LogP contribution in [0.2, 0.25) is 0 Å². The van der Waals surface area contributed by atoms with Gasteiger partial charge in [-0.2, -0.15) is 4.68 Å². The first kappa shape index (κ1) is 18.1. The summed E-state index contributed by atoms with van der Waals surface area (Å²) >= 11 is 1.35. The highest BCUT2D eigenvalue weighted by atomic mass is 32.2. The summed E-state index contributed by atoms with van der Waals surface area (Å²) in [4.78, 5) is 14.4. The third kappa shape index (κ3) is 3.62. The van der Waals surface area contributed by atoms with E-state index in [-0.39, 0.29) is 11.2 Å². The van der Waals surface area contributed by atoms with E-state index >= 15 is 0 Å². The Labute approximate surface area is 157 Å². The van der Waals surface area contributed by atoms with Crippen molar-refractivity contribution in [3.8, 4) is 5.69 Å². The first-order valence-corrected chi connectivity index (χ1v) is 9.21. The predicted molar refractivity (Wildman–Crippen MR) is 104 cm³/mol. The molecule has 0 saturated carbocycles. The van der Waals surface area contributed by atoms with Crippen molar-refractivity contribution in [2.24, 2.45) is 0 Å². The lowest BCUT2D eigenvalue weighted by Crippen LogP contribution is -2.33. The van der Waals surface area contributed by atoms with Gasteiger partial charge in [0.2, 0.25) is 11.1 Å². The first-order valence-electron chi connectivity index (χ1n) is 8.33. The van der Waals surface area contributed by atoms with Gasteiger partial charge in [-0.25, -0.2) is 0 Å². The number of anilines is 1. The number of carbonyl (C=O) groups excluding carboxylic acids is 1. The number of aryl methyl sites for hydroxylation is 1. The fourth-order valence-electron chi connectivity index (χ4n) is 2.63. The number of thioether (sulfide) groups is 1. The second-order valence-electron chi connectivity index (χ2n) is 6.09. The summed E-state index contributed by atoms with van der Waals surface area (Å²) in [6.45, 7) is 5.96. The maximum Gasteiger partial charge on any atom is 0.240 e. The van der Waals surface area contributed by atoms with Gasteiger partial charge in [0.15, 0.2) is 0 Å². The van der Waals surface area contributed by atoms with Gasteiger partial charge in [-0.05, 0) is 60.5 Å². The smallest absolute Gasteiger partial charge is 0.240 e. The van der Waals surface area contributed by atoms with Gasteiger partial charge >= 0.3 is 0 Å². The number of carbonyl (C=O) groups is 1. The van der Waals surface area contributed by atoms with E-state index < -0.39 is 0 Å². The van der Waals surface area contributed by atoms with Gasteiger partial charge in [0.1, 0.15) is 0 Å². The summed E-state index contributed by atoms with van der Waals surface area (Å²) in [6, 6.07) is 15.6. The number of para-hydroxylation sites is 1. The topological polar surface area (TPSA) is 63.9 Å². The van der Waals surface area contributed by atoms with Crippen LogP contribution < -0.4 is 4.90 Å². The molecule has 0 spiro atoms. The summed E-state index contributed by atoms with van der Waals surface area (Å²) in [5.41, 5.74) is 4.07. The molecule has 0 fully saturated rings. The Hall–Kier alpha value is -2.67. The summed E-state index contributed by atoms with van der Waals surface area (Å²) in [6.07, 6.45) is 0. The molecule has 0 aliphatic carbocycles. The van der Waals surface area contributed by atoms with Crippen molar-refractivity contribution < 1.29 is 4.79 Å². The summed E-state index contributed by atoms with van der Waals surface area (Å²) < 4.78 is 1.69. The van der Waals surface area contributed by atoms with Crippen LogP contribution in [-0.2, 0) is 4.79 Å². The lowest BCUT2D eigenvalue weighted by molar-refractivity contribution is -0.117. The van der Waals surface area contributed by atoms with E-state index in [1.54, 1.807) is 16.6 Å². The number of hydrogen-bond acceptors (Lipinski definition) is 5. The van der Waals surface area contributed by atoms with E-state index in [0.717, 1.165) is 16.9 Å². The molecule has 1 atom stereocenters. The number of hydrogen-bond donors (Lipinski definition) is 0. The van der Waals surface area contributed by atoms with Crippen molar-refractivity contribution >= 4 is 23.4 Å². The van der Waals surface area contributed by atoms with E-state index in [9.17, 15) is 4.79 Å². The maximum atomic E-state index is 12.8. The molecule has 1 unspecified atom stereocenters. The number of nitrogens with zero attached hydrogens (tertiary/aromatic N) is 5. The standard InChI is InChI=1S/C19H21N5OS/c1-13-9-8-12-17(14(13)2)24-19(20-21-22-24)26-15(3)18(25)23(4)16-10-6-5-7-11-16/h5-12,15H,1-4H3. The monoisotopic (exact) mass is 367 g/mol. The van der Waals surface area contributed by atoms with Gasteiger partial charge in [0.25, 0.3) is 0 Å². The van der Waals surface area contributed by atoms with Gasteiger partial charge in [-0.1, -0.05) is 42.1 Å². The highest BCUT2D eigenvalue weighted by Crippen LogP contribution is 2.27. The number of aromatic nitrogens is 4. The van der Waals surface area contributed by atoms with Gasteiger partial charge in [-0.3, -0.25) is 4.79 Å². The van der Waals surface area contributed by atoms with Crippen LogP contribution in [-0.4, -0.2) is 38.4 Å². The van der Waals surface area contributed by atoms with Crippen LogP contribution in [0.4, 0.5) is 5.69 Å². The zero-order chi connectivity index (χ0) is 18.7. The SMILES string of the molecule is Cc1cccc(-n2nnnc2SC(C)C(=O)N(C)c2ccccc2)c1C. The van der Waals surface area contributed by atoms with Gasteiger partial charge in [0, 0.05) is 12.7 Å². The second kappa shape index (κ2) is 7.70. The molecule has 0 saturated heterocycles. The molecule has 0 N–H and O–H groups in total. The lowest BCUT2D eigenvalue weighted by Gasteiger charge is -2.21. The van der Waals surface area contributed by atoms with Crippen LogP contribution >= 0.6 is 11.8 Å². The Morgan fingerprint density at radius 2 is 1.85 bits per heavy atom. The molecule has 1 heterocycles. The highest BCUT2D eigenvalue weighted by molar-refractivity contribution is 8.00. The van der Waals surface area contributed by atoms with E-state index in [4.69, 9.17) is 0 Å². The molecule has 0 radical (unpaired) electrons. The maximum absolute atomic E-state index is 12.8. The average molecular weight is 367 g/mol. The minimum atomic E-state index is -0.324. The zero-order valence-corrected chi connectivity index (χ0v) is 16.1. The van der Waals surface area contributed by atoms with E-state index in [2.05, 4.69) is 28.5 Å². The zero-order valence-electron chi connectivity index (χ0n) is 15.2. The molecule has 1 amide bonds. The summed E-state index contributed by atoms with van der Waals surface area (Å²) in [5, 5.41) is 12.3. The molecule has 1 aromatic heterocycles. The number of rotatable bonds is 5. The Morgan fingerprint density at radius 1 is 1.12 bits per heavy atom. The molecule has 26 heavy (non-hydrogen) atoms. The third-order valence-corrected chi connectivity index (χ3v) is 5.37. The van der Waals surface area contributed by atoms with E-state index in [0.29, 0.717) is 5.16 Å². The molecular weight excluding hydrogens is 346 g/mol. The van der Waals surface area contributed by atoms with Crippen molar-refractivity contribution in [1.29, 1.82) is 0 Å². The predicted octanol–water partition coefficient (Wildman–Crippen LogP) is 3.42. The van der Waals surface area contributed by atoms with Crippen LogP contribution in [0.1, 0.15) is 18.1 Å². The quantitative estimate of drug-likeness (QED) is 0.647. The van der Waals surface area contributed by atoms with Gasteiger partial charge in [0.05, 0.1) is 10.9 Å². The Balaban J connectivity index is 1.81. The van der Waals surface area contributed by atoms with E-state index in [1.807, 2.05) is 56.3 Å². The van der Waals surface area contributed by atoms with Crippen LogP contribution in [0.25, 0.3) is 5.69 Å². The third-order valence-electron chi connectivity index (χ3n) is 4.35. The second-order valence-corrected chi connectivity index (χ2v) is 7.39. The van der Waals surface area contributed by atoms with Crippen molar-refractivity contribution in [2.75, 3.05) is 11.9 Å². The molecule has 6 nitrogen and oxygen atoms in total. The van der Waals surface area contributed by atoms with Crippen molar-refractivity contribution in [1.82, 2.24) is 20.2 Å². The molecule has 0 aliphatic heterocycles. The van der Waals surface area contributed by atoms with Gasteiger partial charge in [-0.15, -0.1) is 5.10 Å². The van der Waals surface area contributed by atoms with Crippen molar-refractivity contribution in [3.05, 3.63) is 59.7 Å². The highest BCUT2D eigenvalue weighted by Gasteiger charge is 2.23. The average Bonchev–Trinajstić information content (AvgIpc) is 3.11. The summed E-state index contributed by atoms with van der Waals surface area (Å²) in [7, 11) is 1.78. The molecule has 7 heteroatoms. The fourth-order valence-corrected chi connectivity index (χ4v) is 3.52. The van der Waals surface area contributed by atoms with Crippen molar-refractivity contribution in [3.63, 3.8) is 0 Å². The first-order chi connectivity index (χ1) is 12.5. The summed E-state index contributed by atoms with van der Waals surface area (Å²) in [5.74, 6) is -0.00304. The molecule has 0 bridgehead atoms. The molecule has 0 aliphatic rings. The largest absolute Gasteiger partial charge is 0.315 e. The van der Waals surface area contributed by atoms with E-state index in [1.165, 1.54) is 17.3 Å². The number of tetrazole rings is 1. The molecular formula is C19H21N5OS. The molecule has 2 aromatic carbocycles. The minimum absolute atomic E-state index is 0.00304. The van der Waals surface area contributed by atoms with Crippen LogP contribution in [0.3, 0.4) is 0 Å². The van der Waals surface area contributed by atoms with Crippen LogP contribution in [0, 0.1) is 13.8 Å². The Morgan fingerprint density at radius 3 is 2.58 bits per heavy atom. The van der Waals surface area contributed by atoms with Crippen LogP contribution in [0.15, 0.2) is 53.7 Å². The Bertz CT molecular complexity index is 909. The Kier molecular flexibility index (Phi) is 5.37. The molecule has 134 valence electrons. The fraction of sp³-hybridized carbons (Fsp3) is 0.263. The molecule has 3 rings (SSSR count). The normalized spacial score (nSPS) is 12.0. The number of amides is 1. The molecule has 3 aromatic rings. The lowest BCUT2D eigenvalue weighted by atomic mass is 10.1.